The largest absolute Gasteiger partial charge is 0.460 e. The average Bonchev–Trinajstić information content (AvgIpc) is 3.10. The second kappa shape index (κ2) is 8.01. The van der Waals surface area contributed by atoms with Crippen molar-refractivity contribution in [1.29, 1.82) is 0 Å². The van der Waals surface area contributed by atoms with Gasteiger partial charge in [-0.25, -0.2) is 4.39 Å². The van der Waals surface area contributed by atoms with Gasteiger partial charge in [-0.2, -0.15) is 52.7 Å². The number of halogens is 13. The molecule has 1 aromatic heterocycles. The van der Waals surface area contributed by atoms with Crippen molar-refractivity contribution in [3.63, 3.8) is 0 Å². The van der Waals surface area contributed by atoms with E-state index in [1.54, 1.807) is 0 Å². The third-order valence-electron chi connectivity index (χ3n) is 3.85. The van der Waals surface area contributed by atoms with Crippen molar-refractivity contribution in [2.45, 2.75) is 35.5 Å². The van der Waals surface area contributed by atoms with Crippen LogP contribution in [0.25, 0.3) is 0 Å². The molecule has 0 N–H and O–H groups in total. The van der Waals surface area contributed by atoms with Gasteiger partial charge in [-0.15, -0.1) is 0 Å². The molecular weight excluding hydrogens is 547 g/mol. The van der Waals surface area contributed by atoms with Crippen molar-refractivity contribution < 1.29 is 76.5 Å². The van der Waals surface area contributed by atoms with Crippen LogP contribution in [-0.2, 0) is 4.79 Å². The molecule has 0 aliphatic rings. The van der Waals surface area contributed by atoms with Crippen LogP contribution in [0.2, 0.25) is 0 Å². The Morgan fingerprint density at radius 1 is 0.735 bits per heavy atom. The standard InChI is InChI=1S/C12HF13N2O6S/c13-6(29)7(14,4(28)2-1-3(26(30)31)34-5(2)27(32)33)8(15,16)9(17,18)10(19,20)11(21,22)12(23,24)25/h1H. The Bertz CT molecular complexity index is 1050. The molecule has 1 atom stereocenters. The SMILES string of the molecule is O=C(F)C(F)(C(=O)c1cc([N+](=O)[O-])sc1[N+](=O)[O-])C(F)(F)C(F)(F)C(F)(F)C(F)(F)C(F)(F)F. The smallest absolute Gasteiger partial charge is 0.289 e. The molecule has 0 aromatic carbocycles. The maximum atomic E-state index is 14.6. The Hall–Kier alpha value is -3.07. The van der Waals surface area contributed by atoms with Crippen LogP contribution < -0.4 is 0 Å². The number of thiophene rings is 1. The third kappa shape index (κ3) is 3.72. The van der Waals surface area contributed by atoms with Crippen LogP contribution in [-0.4, -0.2) is 57.2 Å². The quantitative estimate of drug-likeness (QED) is 0.106. The van der Waals surface area contributed by atoms with Crippen molar-refractivity contribution in [3.05, 3.63) is 31.9 Å². The molecule has 0 aliphatic heterocycles. The van der Waals surface area contributed by atoms with Crippen LogP contribution in [0.1, 0.15) is 10.4 Å². The first kappa shape index (κ1) is 29.0. The zero-order valence-electron chi connectivity index (χ0n) is 14.7. The minimum atomic E-state index is -8.40. The Morgan fingerprint density at radius 2 is 1.15 bits per heavy atom. The Balaban J connectivity index is 3.93. The summed E-state index contributed by atoms with van der Waals surface area (Å²) in [5.74, 6) is -36.9. The van der Waals surface area contributed by atoms with Crippen LogP contribution in [0.4, 0.5) is 67.1 Å². The number of carbonyl (C=O) groups excluding carboxylic acids is 2. The average molecular weight is 548 g/mol. The zero-order chi connectivity index (χ0) is 27.5. The number of carbonyl (C=O) groups is 2. The van der Waals surface area contributed by atoms with Gasteiger partial charge in [0.2, 0.25) is 5.78 Å². The highest BCUT2D eigenvalue weighted by Crippen LogP contribution is 2.60. The lowest BCUT2D eigenvalue weighted by atomic mass is 9.82. The summed E-state index contributed by atoms with van der Waals surface area (Å²) in [5.41, 5.74) is -9.59. The summed E-state index contributed by atoms with van der Waals surface area (Å²) in [4.78, 5) is 40.4. The van der Waals surface area contributed by atoms with Crippen LogP contribution in [0.3, 0.4) is 0 Å². The summed E-state index contributed by atoms with van der Waals surface area (Å²) < 4.78 is 172. The molecule has 0 spiro atoms. The normalized spacial score (nSPS) is 15.6. The molecule has 0 amide bonds. The van der Waals surface area contributed by atoms with Crippen LogP contribution in [0, 0.1) is 20.2 Å². The van der Waals surface area contributed by atoms with E-state index in [4.69, 9.17) is 0 Å². The molecule has 1 heterocycles. The molecule has 1 rings (SSSR count). The Morgan fingerprint density at radius 3 is 1.47 bits per heavy atom. The van der Waals surface area contributed by atoms with E-state index >= 15 is 0 Å². The number of nitrogens with zero attached hydrogens (tertiary/aromatic N) is 2. The molecule has 0 bridgehead atoms. The highest BCUT2D eigenvalue weighted by atomic mass is 32.1. The summed E-state index contributed by atoms with van der Waals surface area (Å²) in [5, 5.41) is 17.6. The molecular formula is C12HF13N2O6S. The lowest BCUT2D eigenvalue weighted by Crippen LogP contribution is -2.73. The molecule has 22 heteroatoms. The second-order valence-electron chi connectivity index (χ2n) is 5.87. The van der Waals surface area contributed by atoms with Gasteiger partial charge in [0.25, 0.3) is 0 Å². The first-order chi connectivity index (χ1) is 14.8. The number of hydrogen-bond acceptors (Lipinski definition) is 7. The molecule has 34 heavy (non-hydrogen) atoms. The number of alkyl halides is 12. The first-order valence-electron chi connectivity index (χ1n) is 7.28. The highest BCUT2D eigenvalue weighted by Gasteiger charge is 2.92. The maximum Gasteiger partial charge on any atom is 0.460 e. The number of rotatable bonds is 9. The Labute approximate surface area is 178 Å². The Kier molecular flexibility index (Phi) is 6.82. The van der Waals surface area contributed by atoms with Gasteiger partial charge in [0, 0.05) is 17.4 Å². The van der Waals surface area contributed by atoms with E-state index in [1.807, 2.05) is 0 Å². The molecule has 1 aromatic rings. The minimum Gasteiger partial charge on any atom is -0.289 e. The van der Waals surface area contributed by atoms with E-state index in [-0.39, 0.29) is 0 Å². The molecule has 0 saturated carbocycles. The minimum absolute atomic E-state index is 0.570. The van der Waals surface area contributed by atoms with Gasteiger partial charge in [0.15, 0.2) is 0 Å². The zero-order valence-corrected chi connectivity index (χ0v) is 15.6. The second-order valence-corrected chi connectivity index (χ2v) is 6.88. The van der Waals surface area contributed by atoms with Gasteiger partial charge >= 0.3 is 51.6 Å². The van der Waals surface area contributed by atoms with Gasteiger partial charge in [0.05, 0.1) is 9.85 Å². The van der Waals surface area contributed by atoms with Gasteiger partial charge in [-0.05, 0) is 0 Å². The molecule has 0 fully saturated rings. The number of hydrogen-bond donors (Lipinski definition) is 0. The number of ketones is 1. The van der Waals surface area contributed by atoms with E-state index in [9.17, 15) is 86.9 Å². The van der Waals surface area contributed by atoms with Gasteiger partial charge in [-0.1, -0.05) is 0 Å². The van der Waals surface area contributed by atoms with E-state index in [2.05, 4.69) is 0 Å². The predicted octanol–water partition coefficient (Wildman–Crippen LogP) is 5.06. The number of Topliss-reactive ketones (excluding diaryl/α,β-unsaturated/α-hetero) is 1. The van der Waals surface area contributed by atoms with Gasteiger partial charge < -0.3 is 0 Å². The van der Waals surface area contributed by atoms with Crippen molar-refractivity contribution in [3.8, 4) is 0 Å². The summed E-state index contributed by atoms with van der Waals surface area (Å²) in [6, 6.07) is -5.27. The van der Waals surface area contributed by atoms with Crippen LogP contribution >= 0.6 is 11.3 Å². The third-order valence-corrected chi connectivity index (χ3v) is 4.88. The molecule has 0 radical (unpaired) electrons. The molecule has 8 nitrogen and oxygen atoms in total. The lowest BCUT2D eigenvalue weighted by molar-refractivity contribution is -0.428. The van der Waals surface area contributed by atoms with Crippen LogP contribution in [0.15, 0.2) is 6.07 Å². The topological polar surface area (TPSA) is 120 Å². The fourth-order valence-electron chi connectivity index (χ4n) is 2.09. The fraction of sp³-hybridized carbons (Fsp3) is 0.500. The highest BCUT2D eigenvalue weighted by molar-refractivity contribution is 7.18. The van der Waals surface area contributed by atoms with Crippen molar-refractivity contribution in [2.24, 2.45) is 0 Å². The summed E-state index contributed by atoms with van der Waals surface area (Å²) in [6.45, 7) is 0. The van der Waals surface area contributed by atoms with Gasteiger partial charge in [0.1, 0.15) is 5.56 Å². The maximum absolute atomic E-state index is 14.6. The predicted molar refractivity (Wildman–Crippen MR) is 77.8 cm³/mol. The molecule has 1 unspecified atom stereocenters. The molecule has 0 saturated heterocycles. The summed E-state index contributed by atoms with van der Waals surface area (Å²) >= 11 is -0.806. The number of nitro groups is 2. The molecule has 0 aliphatic carbocycles. The fourth-order valence-corrected chi connectivity index (χ4v) is 2.87. The van der Waals surface area contributed by atoms with E-state index < -0.39 is 90.2 Å². The van der Waals surface area contributed by atoms with Crippen molar-refractivity contribution >= 4 is 33.2 Å². The van der Waals surface area contributed by atoms with Crippen LogP contribution in [0.5, 0.6) is 0 Å². The van der Waals surface area contributed by atoms with Crippen molar-refractivity contribution in [1.82, 2.24) is 0 Å². The van der Waals surface area contributed by atoms with Gasteiger partial charge in [-0.3, -0.25) is 29.8 Å². The monoisotopic (exact) mass is 548 g/mol. The summed E-state index contributed by atoms with van der Waals surface area (Å²) in [7, 11) is 0. The molecule has 192 valence electrons. The van der Waals surface area contributed by atoms with E-state index in [0.29, 0.717) is 0 Å². The van der Waals surface area contributed by atoms with E-state index in [0.717, 1.165) is 0 Å². The van der Waals surface area contributed by atoms with Crippen molar-refractivity contribution in [2.75, 3.05) is 0 Å². The van der Waals surface area contributed by atoms with E-state index in [1.165, 1.54) is 0 Å². The first-order valence-corrected chi connectivity index (χ1v) is 8.09. The lowest BCUT2D eigenvalue weighted by Gasteiger charge is -2.40. The summed E-state index contributed by atoms with van der Waals surface area (Å²) in [6.07, 6.45) is -7.73.